The predicted octanol–water partition coefficient (Wildman–Crippen LogP) is 4.14. The van der Waals surface area contributed by atoms with Crippen molar-refractivity contribution in [1.29, 1.82) is 0 Å². The lowest BCUT2D eigenvalue weighted by molar-refractivity contribution is 0.356. The van der Waals surface area contributed by atoms with Gasteiger partial charge in [0.1, 0.15) is 17.2 Å². The Morgan fingerprint density at radius 3 is 1.04 bits per heavy atom. The first kappa shape index (κ1) is 18.6. The van der Waals surface area contributed by atoms with Gasteiger partial charge in [0.25, 0.3) is 0 Å². The van der Waals surface area contributed by atoms with Crippen LogP contribution >= 0.6 is 0 Å². The molecule has 0 aliphatic rings. The fourth-order valence-electron chi connectivity index (χ4n) is 2.33. The van der Waals surface area contributed by atoms with Gasteiger partial charge in [-0.3, -0.25) is 0 Å². The van der Waals surface area contributed by atoms with Crippen molar-refractivity contribution in [2.24, 2.45) is 15.3 Å². The molecule has 1 aromatic carbocycles. The van der Waals surface area contributed by atoms with Gasteiger partial charge in [0.05, 0.1) is 41.0 Å². The van der Waals surface area contributed by atoms with Crippen LogP contribution < -0.4 is 14.2 Å². The van der Waals surface area contributed by atoms with E-state index < -0.39 is 0 Å². The van der Waals surface area contributed by atoms with E-state index in [1.165, 1.54) is 21.3 Å². The minimum Gasteiger partial charge on any atom is -0.496 e. The van der Waals surface area contributed by atoms with Crippen LogP contribution in [0.25, 0.3) is 31.3 Å². The molecule has 0 radical (unpaired) electrons. The van der Waals surface area contributed by atoms with Gasteiger partial charge in [-0.15, -0.1) is 0 Å². The Morgan fingerprint density at radius 1 is 0.625 bits per heavy atom. The van der Waals surface area contributed by atoms with Crippen LogP contribution in [0.2, 0.25) is 0 Å². The summed E-state index contributed by atoms with van der Waals surface area (Å²) in [4.78, 5) is 8.18. The van der Waals surface area contributed by atoms with Crippen molar-refractivity contribution in [3.05, 3.63) is 48.0 Å². The largest absolute Gasteiger partial charge is 0.496 e. The predicted molar refractivity (Wildman–Crippen MR) is 84.6 cm³/mol. The average Bonchev–Trinajstić information content (AvgIpc) is 2.61. The molecule has 1 rings (SSSR count). The first-order valence-electron chi connectivity index (χ1n) is 6.55. The molecule has 0 aromatic heterocycles. The van der Waals surface area contributed by atoms with Gasteiger partial charge in [-0.25, -0.2) is 0 Å². The standard InChI is InChI=1S/C12H15N9O3/c1-22-10-7(4-16-19-13)11(23-2)9(6-18-21-15)12(24-3)8(10)5-17-20-14/h4-6H2,1-3H3. The topological polar surface area (TPSA) is 174 Å². The number of methoxy groups -OCH3 is 3. The molecule has 0 spiro atoms. The Kier molecular flexibility index (Phi) is 7.40. The zero-order valence-corrected chi connectivity index (χ0v) is 13.4. The fraction of sp³-hybridized carbons (Fsp3) is 0.500. The summed E-state index contributed by atoms with van der Waals surface area (Å²) in [5.41, 5.74) is 27.1. The van der Waals surface area contributed by atoms with Crippen molar-refractivity contribution in [2.45, 2.75) is 19.6 Å². The van der Waals surface area contributed by atoms with E-state index in [2.05, 4.69) is 30.1 Å². The summed E-state index contributed by atoms with van der Waals surface area (Å²) in [5, 5.41) is 10.6. The van der Waals surface area contributed by atoms with Crippen LogP contribution in [0.4, 0.5) is 0 Å². The molecule has 24 heavy (non-hydrogen) atoms. The van der Waals surface area contributed by atoms with Gasteiger partial charge >= 0.3 is 0 Å². The molecular formula is C12H15N9O3. The van der Waals surface area contributed by atoms with Crippen LogP contribution in [0.15, 0.2) is 15.3 Å². The van der Waals surface area contributed by atoms with E-state index in [0.29, 0.717) is 33.9 Å². The summed E-state index contributed by atoms with van der Waals surface area (Å²) in [5.74, 6) is 0.939. The Hall–Kier alpha value is -3.45. The summed E-state index contributed by atoms with van der Waals surface area (Å²) in [6.07, 6.45) is 0. The number of hydrogen-bond donors (Lipinski definition) is 0. The lowest BCUT2D eigenvalue weighted by Crippen LogP contribution is -2.07. The van der Waals surface area contributed by atoms with Crippen LogP contribution in [-0.4, -0.2) is 21.3 Å². The van der Waals surface area contributed by atoms with Gasteiger partial charge in [0.2, 0.25) is 0 Å². The van der Waals surface area contributed by atoms with Crippen molar-refractivity contribution in [1.82, 2.24) is 0 Å². The highest BCUT2D eigenvalue weighted by molar-refractivity contribution is 5.63. The van der Waals surface area contributed by atoms with Gasteiger partial charge in [-0.2, -0.15) is 0 Å². The van der Waals surface area contributed by atoms with E-state index >= 15 is 0 Å². The Morgan fingerprint density at radius 2 is 0.875 bits per heavy atom. The van der Waals surface area contributed by atoms with E-state index in [-0.39, 0.29) is 19.6 Å². The lowest BCUT2D eigenvalue weighted by atomic mass is 9.99. The Bertz CT molecular complexity index is 624. The third-order valence-electron chi connectivity index (χ3n) is 3.13. The molecule has 0 fully saturated rings. The molecule has 1 aromatic rings. The molecule has 12 nitrogen and oxygen atoms in total. The third kappa shape index (κ3) is 3.84. The van der Waals surface area contributed by atoms with Crippen molar-refractivity contribution in [3.8, 4) is 17.2 Å². The van der Waals surface area contributed by atoms with Crippen LogP contribution in [0.5, 0.6) is 17.2 Å². The first-order valence-corrected chi connectivity index (χ1v) is 6.55. The molecule has 0 bridgehead atoms. The Labute approximate surface area is 136 Å². The summed E-state index contributed by atoms with van der Waals surface area (Å²) in [6.45, 7) is -0.210. The van der Waals surface area contributed by atoms with E-state index in [1.807, 2.05) is 0 Å². The van der Waals surface area contributed by atoms with Crippen LogP contribution in [-0.2, 0) is 19.6 Å². The molecule has 0 N–H and O–H groups in total. The zero-order chi connectivity index (χ0) is 17.9. The van der Waals surface area contributed by atoms with Crippen LogP contribution in [0.1, 0.15) is 16.7 Å². The quantitative estimate of drug-likeness (QED) is 0.375. The number of nitrogens with zero attached hydrogens (tertiary/aromatic N) is 9. The number of ether oxygens (including phenoxy) is 3. The highest BCUT2D eigenvalue weighted by atomic mass is 16.5. The fourth-order valence-corrected chi connectivity index (χ4v) is 2.33. The van der Waals surface area contributed by atoms with E-state index in [4.69, 9.17) is 30.8 Å². The first-order chi connectivity index (χ1) is 11.7. The second kappa shape index (κ2) is 9.54. The van der Waals surface area contributed by atoms with Gasteiger partial charge in [-0.05, 0) is 16.6 Å². The monoisotopic (exact) mass is 333 g/mol. The molecule has 0 amide bonds. The van der Waals surface area contributed by atoms with Gasteiger partial charge in [0, 0.05) is 31.4 Å². The number of azide groups is 3. The highest BCUT2D eigenvalue weighted by Gasteiger charge is 2.25. The summed E-state index contributed by atoms with van der Waals surface area (Å²) >= 11 is 0. The lowest BCUT2D eigenvalue weighted by Gasteiger charge is -2.22. The van der Waals surface area contributed by atoms with Crippen LogP contribution in [0, 0.1) is 0 Å². The third-order valence-corrected chi connectivity index (χ3v) is 3.13. The molecule has 0 heterocycles. The second-order valence-corrected chi connectivity index (χ2v) is 4.20. The normalized spacial score (nSPS) is 9.12. The molecule has 0 unspecified atom stereocenters. The molecule has 0 saturated heterocycles. The summed E-state index contributed by atoms with van der Waals surface area (Å²) < 4.78 is 16.2. The summed E-state index contributed by atoms with van der Waals surface area (Å²) in [7, 11) is 4.25. The number of rotatable bonds is 9. The van der Waals surface area contributed by atoms with E-state index in [0.717, 1.165) is 0 Å². The van der Waals surface area contributed by atoms with Gasteiger partial charge in [0.15, 0.2) is 0 Å². The molecule has 0 aliphatic carbocycles. The minimum absolute atomic E-state index is 0.0701. The molecule has 0 atom stereocenters. The zero-order valence-electron chi connectivity index (χ0n) is 13.4. The SMILES string of the molecule is COc1c(CN=[N+]=[N-])c(OC)c(CN=[N+]=[N-])c(OC)c1CN=[N+]=[N-]. The van der Waals surface area contributed by atoms with E-state index in [9.17, 15) is 0 Å². The number of benzene rings is 1. The molecule has 0 aliphatic heterocycles. The Balaban J connectivity index is 3.86. The summed E-state index contributed by atoms with van der Waals surface area (Å²) in [6, 6.07) is 0. The van der Waals surface area contributed by atoms with Gasteiger partial charge in [-0.1, -0.05) is 15.3 Å². The van der Waals surface area contributed by atoms with Crippen molar-refractivity contribution in [3.63, 3.8) is 0 Å². The maximum Gasteiger partial charge on any atom is 0.132 e. The van der Waals surface area contributed by atoms with Gasteiger partial charge < -0.3 is 14.2 Å². The van der Waals surface area contributed by atoms with Crippen molar-refractivity contribution >= 4 is 0 Å². The maximum absolute atomic E-state index is 8.60. The molecule has 12 heteroatoms. The molecule has 126 valence electrons. The van der Waals surface area contributed by atoms with E-state index in [1.54, 1.807) is 0 Å². The minimum atomic E-state index is -0.0701. The van der Waals surface area contributed by atoms with Crippen LogP contribution in [0.3, 0.4) is 0 Å². The van der Waals surface area contributed by atoms with Crippen molar-refractivity contribution in [2.75, 3.05) is 21.3 Å². The average molecular weight is 333 g/mol. The highest BCUT2D eigenvalue weighted by Crippen LogP contribution is 2.44. The second-order valence-electron chi connectivity index (χ2n) is 4.20. The molecule has 0 saturated carbocycles. The smallest absolute Gasteiger partial charge is 0.132 e. The maximum atomic E-state index is 8.60. The van der Waals surface area contributed by atoms with Crippen molar-refractivity contribution < 1.29 is 14.2 Å². The number of hydrogen-bond acceptors (Lipinski definition) is 6. The molecular weight excluding hydrogens is 318 g/mol.